The molecule has 1 aromatic heterocycles. The molecule has 0 unspecified atom stereocenters. The molecule has 1 aromatic rings. The lowest BCUT2D eigenvalue weighted by Gasteiger charge is -2.09. The van der Waals surface area contributed by atoms with Crippen molar-refractivity contribution in [1.82, 2.24) is 9.78 Å². The van der Waals surface area contributed by atoms with Gasteiger partial charge in [0.1, 0.15) is 0 Å². The van der Waals surface area contributed by atoms with E-state index in [1.54, 1.807) is 0 Å². The third kappa shape index (κ3) is 1.58. The molecule has 0 spiro atoms. The van der Waals surface area contributed by atoms with Gasteiger partial charge in [0.05, 0.1) is 17.5 Å². The van der Waals surface area contributed by atoms with E-state index in [0.29, 0.717) is 6.42 Å². The molecule has 74 valence electrons. The van der Waals surface area contributed by atoms with Gasteiger partial charge >= 0.3 is 0 Å². The second-order valence-electron chi connectivity index (χ2n) is 4.20. The van der Waals surface area contributed by atoms with Crippen LogP contribution in [0, 0.1) is 23.7 Å². The standard InChI is InChI=1S/C10H14N4/c1-8-9(12)6-14(13-8)7-10(2-3-10)4-5-11/h6H,2-4,7,12H2,1H3. The molecule has 2 N–H and O–H groups in total. The summed E-state index contributed by atoms with van der Waals surface area (Å²) in [6.45, 7) is 2.73. The van der Waals surface area contributed by atoms with E-state index in [0.717, 1.165) is 30.8 Å². The second kappa shape index (κ2) is 3.02. The number of aromatic nitrogens is 2. The summed E-state index contributed by atoms with van der Waals surface area (Å²) in [5.74, 6) is 0. The highest BCUT2D eigenvalue weighted by Crippen LogP contribution is 2.49. The summed E-state index contributed by atoms with van der Waals surface area (Å²) >= 11 is 0. The number of nitriles is 1. The smallest absolute Gasteiger partial charge is 0.0822 e. The number of hydrogen-bond acceptors (Lipinski definition) is 3. The zero-order valence-electron chi connectivity index (χ0n) is 8.32. The Morgan fingerprint density at radius 2 is 2.43 bits per heavy atom. The Hall–Kier alpha value is -1.50. The van der Waals surface area contributed by atoms with Crippen molar-refractivity contribution < 1.29 is 0 Å². The Morgan fingerprint density at radius 1 is 1.71 bits per heavy atom. The minimum absolute atomic E-state index is 0.194. The van der Waals surface area contributed by atoms with Crippen molar-refractivity contribution in [3.8, 4) is 6.07 Å². The fourth-order valence-electron chi connectivity index (χ4n) is 1.69. The molecule has 1 fully saturated rings. The Labute approximate surface area is 83.3 Å². The monoisotopic (exact) mass is 190 g/mol. The van der Waals surface area contributed by atoms with Crippen LogP contribution in [0.5, 0.6) is 0 Å². The van der Waals surface area contributed by atoms with Crippen molar-refractivity contribution in [3.05, 3.63) is 11.9 Å². The molecule has 1 saturated carbocycles. The number of nitrogen functional groups attached to an aromatic ring is 1. The summed E-state index contributed by atoms with van der Waals surface area (Å²) in [7, 11) is 0. The number of nitrogens with two attached hydrogens (primary N) is 1. The highest BCUT2D eigenvalue weighted by molar-refractivity contribution is 5.39. The average molecular weight is 190 g/mol. The number of anilines is 1. The maximum Gasteiger partial charge on any atom is 0.0822 e. The molecule has 0 aromatic carbocycles. The van der Waals surface area contributed by atoms with Crippen LogP contribution in [-0.2, 0) is 6.54 Å². The SMILES string of the molecule is Cc1nn(CC2(CC#N)CC2)cc1N. The number of nitrogens with zero attached hydrogens (tertiary/aromatic N) is 3. The van der Waals surface area contributed by atoms with Gasteiger partial charge in [0, 0.05) is 24.6 Å². The average Bonchev–Trinajstić information content (AvgIpc) is 2.77. The summed E-state index contributed by atoms with van der Waals surface area (Å²) in [4.78, 5) is 0. The maximum absolute atomic E-state index is 8.68. The van der Waals surface area contributed by atoms with E-state index >= 15 is 0 Å². The number of hydrogen-bond donors (Lipinski definition) is 1. The Morgan fingerprint density at radius 3 is 2.86 bits per heavy atom. The van der Waals surface area contributed by atoms with E-state index in [2.05, 4.69) is 11.2 Å². The molecule has 0 radical (unpaired) electrons. The first kappa shape index (κ1) is 9.07. The number of aryl methyl sites for hydroxylation is 1. The van der Waals surface area contributed by atoms with Gasteiger partial charge in [-0.1, -0.05) is 0 Å². The third-order valence-corrected chi connectivity index (χ3v) is 2.89. The van der Waals surface area contributed by atoms with Crippen molar-refractivity contribution in [1.29, 1.82) is 5.26 Å². The van der Waals surface area contributed by atoms with Crippen molar-refractivity contribution in [2.75, 3.05) is 5.73 Å². The van der Waals surface area contributed by atoms with Crippen LogP contribution in [0.15, 0.2) is 6.20 Å². The van der Waals surface area contributed by atoms with E-state index in [1.807, 2.05) is 17.8 Å². The summed E-state index contributed by atoms with van der Waals surface area (Å²) < 4.78 is 1.87. The molecule has 1 aliphatic carbocycles. The van der Waals surface area contributed by atoms with Crippen molar-refractivity contribution in [3.63, 3.8) is 0 Å². The van der Waals surface area contributed by atoms with Crippen LogP contribution in [0.4, 0.5) is 5.69 Å². The summed E-state index contributed by atoms with van der Waals surface area (Å²) in [6.07, 6.45) is 4.76. The van der Waals surface area contributed by atoms with Gasteiger partial charge in [-0.3, -0.25) is 4.68 Å². The number of rotatable bonds is 3. The van der Waals surface area contributed by atoms with Gasteiger partial charge in [0.15, 0.2) is 0 Å². The van der Waals surface area contributed by atoms with E-state index < -0.39 is 0 Å². The van der Waals surface area contributed by atoms with E-state index in [-0.39, 0.29) is 5.41 Å². The fourth-order valence-corrected chi connectivity index (χ4v) is 1.69. The first-order chi connectivity index (χ1) is 6.65. The minimum atomic E-state index is 0.194. The van der Waals surface area contributed by atoms with Crippen molar-refractivity contribution in [2.45, 2.75) is 32.7 Å². The maximum atomic E-state index is 8.68. The molecule has 14 heavy (non-hydrogen) atoms. The molecule has 2 rings (SSSR count). The van der Waals surface area contributed by atoms with Gasteiger partial charge in [-0.25, -0.2) is 0 Å². The lowest BCUT2D eigenvalue weighted by atomic mass is 10.0. The lowest BCUT2D eigenvalue weighted by molar-refractivity contribution is 0.403. The van der Waals surface area contributed by atoms with Gasteiger partial charge in [0.2, 0.25) is 0 Å². The summed E-state index contributed by atoms with van der Waals surface area (Å²) in [5, 5.41) is 13.0. The van der Waals surface area contributed by atoms with Crippen LogP contribution in [-0.4, -0.2) is 9.78 Å². The van der Waals surface area contributed by atoms with Crippen LogP contribution in [0.1, 0.15) is 25.0 Å². The Bertz CT molecular complexity index is 362. The van der Waals surface area contributed by atoms with E-state index in [4.69, 9.17) is 11.0 Å². The molecule has 0 aliphatic heterocycles. The largest absolute Gasteiger partial charge is 0.396 e. The van der Waals surface area contributed by atoms with Crippen LogP contribution < -0.4 is 5.73 Å². The van der Waals surface area contributed by atoms with Gasteiger partial charge < -0.3 is 5.73 Å². The van der Waals surface area contributed by atoms with Crippen LogP contribution in [0.2, 0.25) is 0 Å². The molecule has 0 saturated heterocycles. The van der Waals surface area contributed by atoms with Crippen LogP contribution in [0.25, 0.3) is 0 Å². The van der Waals surface area contributed by atoms with E-state index in [9.17, 15) is 0 Å². The molecule has 0 bridgehead atoms. The minimum Gasteiger partial charge on any atom is -0.396 e. The quantitative estimate of drug-likeness (QED) is 0.784. The van der Waals surface area contributed by atoms with Gasteiger partial charge in [0.25, 0.3) is 0 Å². The normalized spacial score (nSPS) is 17.7. The topological polar surface area (TPSA) is 67.6 Å². The predicted molar refractivity (Wildman–Crippen MR) is 53.3 cm³/mol. The summed E-state index contributed by atoms with van der Waals surface area (Å²) in [6, 6.07) is 2.24. The Kier molecular flexibility index (Phi) is 1.95. The second-order valence-corrected chi connectivity index (χ2v) is 4.20. The third-order valence-electron chi connectivity index (χ3n) is 2.89. The highest BCUT2D eigenvalue weighted by atomic mass is 15.3. The van der Waals surface area contributed by atoms with E-state index in [1.165, 1.54) is 0 Å². The molecule has 0 amide bonds. The van der Waals surface area contributed by atoms with Crippen molar-refractivity contribution in [2.24, 2.45) is 5.41 Å². The molecule has 4 nitrogen and oxygen atoms in total. The van der Waals surface area contributed by atoms with Gasteiger partial charge in [-0.05, 0) is 19.8 Å². The van der Waals surface area contributed by atoms with Crippen LogP contribution in [0.3, 0.4) is 0 Å². The lowest BCUT2D eigenvalue weighted by Crippen LogP contribution is -2.11. The summed E-state index contributed by atoms with van der Waals surface area (Å²) in [5.41, 5.74) is 7.51. The van der Waals surface area contributed by atoms with Gasteiger partial charge in [-0.15, -0.1) is 0 Å². The van der Waals surface area contributed by atoms with Gasteiger partial charge in [-0.2, -0.15) is 10.4 Å². The molecule has 1 aliphatic rings. The van der Waals surface area contributed by atoms with Crippen molar-refractivity contribution >= 4 is 5.69 Å². The highest BCUT2D eigenvalue weighted by Gasteiger charge is 2.42. The molecule has 4 heteroatoms. The molecule has 1 heterocycles. The molecular weight excluding hydrogens is 176 g/mol. The molecular formula is C10H14N4. The first-order valence-electron chi connectivity index (χ1n) is 4.82. The molecule has 0 atom stereocenters. The zero-order chi connectivity index (χ0) is 10.2. The fraction of sp³-hybridized carbons (Fsp3) is 0.600. The predicted octanol–water partition coefficient (Wildman–Crippen LogP) is 1.47. The van der Waals surface area contributed by atoms with Crippen LogP contribution >= 0.6 is 0 Å². The zero-order valence-corrected chi connectivity index (χ0v) is 8.32. The Balaban J connectivity index is 2.08. The first-order valence-corrected chi connectivity index (χ1v) is 4.82.